The molecule has 1 fully saturated rings. The summed E-state index contributed by atoms with van der Waals surface area (Å²) in [7, 11) is 1.75. The minimum Gasteiger partial charge on any atom is -0.350 e. The highest BCUT2D eigenvalue weighted by Gasteiger charge is 2.30. The molecule has 1 saturated heterocycles. The molecule has 2 aromatic rings. The highest BCUT2D eigenvalue weighted by Crippen LogP contribution is 2.22. The third-order valence-electron chi connectivity index (χ3n) is 4.02. The van der Waals surface area contributed by atoms with E-state index >= 15 is 0 Å². The zero-order chi connectivity index (χ0) is 17.2. The van der Waals surface area contributed by atoms with Crippen LogP contribution >= 0.6 is 0 Å². The molecule has 1 amide bonds. The molecule has 0 atom stereocenters. The van der Waals surface area contributed by atoms with Crippen LogP contribution in [0, 0.1) is 5.82 Å². The topological polar surface area (TPSA) is 65.4 Å². The number of ether oxygens (including phenoxy) is 2. The fraction of sp³-hybridized carbons (Fsp3) is 0.412. The molecule has 2 heterocycles. The van der Waals surface area contributed by atoms with Gasteiger partial charge >= 0.3 is 0 Å². The van der Waals surface area contributed by atoms with Gasteiger partial charge in [0, 0.05) is 20.0 Å². The molecular formula is C17H20FN3O3. The number of rotatable bonds is 5. The maximum Gasteiger partial charge on any atom is 0.271 e. The number of hydrogen-bond donors (Lipinski definition) is 1. The molecule has 0 bridgehead atoms. The Hall–Kier alpha value is -2.25. The van der Waals surface area contributed by atoms with E-state index in [2.05, 4.69) is 10.4 Å². The molecule has 24 heavy (non-hydrogen) atoms. The van der Waals surface area contributed by atoms with E-state index in [-0.39, 0.29) is 11.7 Å². The van der Waals surface area contributed by atoms with Crippen LogP contribution in [-0.2, 0) is 16.5 Å². The van der Waals surface area contributed by atoms with E-state index < -0.39 is 5.79 Å². The van der Waals surface area contributed by atoms with Gasteiger partial charge in [-0.05, 0) is 42.8 Å². The summed E-state index contributed by atoms with van der Waals surface area (Å²) in [5.74, 6) is -1.19. The molecule has 1 aliphatic heterocycles. The Kier molecular flexibility index (Phi) is 4.64. The molecule has 1 N–H and O–H groups in total. The summed E-state index contributed by atoms with van der Waals surface area (Å²) in [6, 6.07) is 7.76. The van der Waals surface area contributed by atoms with Crippen LogP contribution in [0.2, 0.25) is 0 Å². The van der Waals surface area contributed by atoms with Crippen molar-refractivity contribution in [1.29, 1.82) is 0 Å². The van der Waals surface area contributed by atoms with Gasteiger partial charge in [0.1, 0.15) is 5.82 Å². The average molecular weight is 333 g/mol. The number of aromatic nitrogens is 2. The van der Waals surface area contributed by atoms with Crippen LogP contribution in [0.3, 0.4) is 0 Å². The summed E-state index contributed by atoms with van der Waals surface area (Å²) in [5, 5.41) is 7.04. The lowest BCUT2D eigenvalue weighted by Gasteiger charge is -2.21. The van der Waals surface area contributed by atoms with Gasteiger partial charge in [-0.2, -0.15) is 5.10 Å². The quantitative estimate of drug-likeness (QED) is 0.910. The molecule has 1 aliphatic rings. The van der Waals surface area contributed by atoms with Crippen LogP contribution in [-0.4, -0.2) is 41.2 Å². The van der Waals surface area contributed by atoms with Crippen molar-refractivity contribution >= 4 is 5.91 Å². The van der Waals surface area contributed by atoms with Crippen molar-refractivity contribution < 1.29 is 18.7 Å². The first-order valence-electron chi connectivity index (χ1n) is 7.83. The van der Waals surface area contributed by atoms with E-state index in [1.807, 2.05) is 6.92 Å². The number of aryl methyl sites for hydroxylation is 1. The molecular weight excluding hydrogens is 313 g/mol. The lowest BCUT2D eigenvalue weighted by Crippen LogP contribution is -2.33. The summed E-state index contributed by atoms with van der Waals surface area (Å²) in [5.41, 5.74) is 1.86. The van der Waals surface area contributed by atoms with Gasteiger partial charge in [-0.15, -0.1) is 0 Å². The fourth-order valence-electron chi connectivity index (χ4n) is 2.66. The Morgan fingerprint density at radius 1 is 1.33 bits per heavy atom. The number of hydrogen-bond acceptors (Lipinski definition) is 4. The standard InChI is InChI=1S/C17H20FN3O3/c1-17(23-9-10-24-17)7-8-19-16(22)14-11-15(21(2)20-14)12-3-5-13(18)6-4-12/h3-6,11H,7-10H2,1-2H3,(H,19,22). The number of nitrogens with zero attached hydrogens (tertiary/aromatic N) is 2. The Morgan fingerprint density at radius 3 is 2.67 bits per heavy atom. The zero-order valence-corrected chi connectivity index (χ0v) is 13.7. The minimum absolute atomic E-state index is 0.263. The van der Waals surface area contributed by atoms with Crippen molar-refractivity contribution in [2.45, 2.75) is 19.1 Å². The Morgan fingerprint density at radius 2 is 2.00 bits per heavy atom. The van der Waals surface area contributed by atoms with Crippen LogP contribution in [0.4, 0.5) is 4.39 Å². The molecule has 0 radical (unpaired) electrons. The van der Waals surface area contributed by atoms with Crippen molar-refractivity contribution in [3.63, 3.8) is 0 Å². The molecule has 3 rings (SSSR count). The van der Waals surface area contributed by atoms with Crippen LogP contribution < -0.4 is 5.32 Å². The summed E-state index contributed by atoms with van der Waals surface area (Å²) < 4.78 is 25.6. The smallest absolute Gasteiger partial charge is 0.271 e. The van der Waals surface area contributed by atoms with Gasteiger partial charge in [0.05, 0.1) is 18.9 Å². The number of halogens is 1. The number of amides is 1. The second-order valence-electron chi connectivity index (χ2n) is 5.88. The highest BCUT2D eigenvalue weighted by molar-refractivity contribution is 5.93. The average Bonchev–Trinajstić information content (AvgIpc) is 3.15. The predicted octanol–water partition coefficient (Wildman–Crippen LogP) is 2.11. The SMILES string of the molecule is Cn1nc(C(=O)NCCC2(C)OCCO2)cc1-c1ccc(F)cc1. The monoisotopic (exact) mass is 333 g/mol. The lowest BCUT2D eigenvalue weighted by atomic mass is 10.1. The van der Waals surface area contributed by atoms with Crippen LogP contribution in [0.25, 0.3) is 11.3 Å². The number of benzene rings is 1. The van der Waals surface area contributed by atoms with Crippen LogP contribution in [0.5, 0.6) is 0 Å². The van der Waals surface area contributed by atoms with Gasteiger partial charge in [-0.1, -0.05) is 0 Å². The first kappa shape index (κ1) is 16.6. The normalized spacial score (nSPS) is 16.3. The minimum atomic E-state index is -0.628. The third kappa shape index (κ3) is 3.63. The molecule has 0 spiro atoms. The van der Waals surface area contributed by atoms with E-state index in [4.69, 9.17) is 9.47 Å². The maximum atomic E-state index is 13.0. The van der Waals surface area contributed by atoms with Gasteiger partial charge in [0.15, 0.2) is 11.5 Å². The van der Waals surface area contributed by atoms with Crippen molar-refractivity contribution in [2.75, 3.05) is 19.8 Å². The van der Waals surface area contributed by atoms with Gasteiger partial charge in [-0.3, -0.25) is 9.48 Å². The third-order valence-corrected chi connectivity index (χ3v) is 4.02. The lowest BCUT2D eigenvalue weighted by molar-refractivity contribution is -0.145. The van der Waals surface area contributed by atoms with E-state index in [9.17, 15) is 9.18 Å². The van der Waals surface area contributed by atoms with Crippen molar-refractivity contribution in [3.8, 4) is 11.3 Å². The van der Waals surface area contributed by atoms with E-state index in [0.29, 0.717) is 31.9 Å². The van der Waals surface area contributed by atoms with Gasteiger partial charge in [0.2, 0.25) is 0 Å². The molecule has 128 valence electrons. The van der Waals surface area contributed by atoms with Crippen molar-refractivity contribution in [2.24, 2.45) is 7.05 Å². The highest BCUT2D eigenvalue weighted by atomic mass is 19.1. The van der Waals surface area contributed by atoms with Crippen LogP contribution in [0.15, 0.2) is 30.3 Å². The first-order chi connectivity index (χ1) is 11.5. The van der Waals surface area contributed by atoms with Gasteiger partial charge in [-0.25, -0.2) is 4.39 Å². The molecule has 0 unspecified atom stereocenters. The second-order valence-corrected chi connectivity index (χ2v) is 5.88. The Bertz CT molecular complexity index is 721. The molecule has 0 saturated carbocycles. The van der Waals surface area contributed by atoms with Crippen molar-refractivity contribution in [3.05, 3.63) is 41.8 Å². The van der Waals surface area contributed by atoms with E-state index in [1.165, 1.54) is 12.1 Å². The Balaban J connectivity index is 1.63. The molecule has 1 aromatic heterocycles. The first-order valence-corrected chi connectivity index (χ1v) is 7.83. The molecule has 0 aliphatic carbocycles. The summed E-state index contributed by atoms with van der Waals surface area (Å²) in [6.07, 6.45) is 0.566. The van der Waals surface area contributed by atoms with E-state index in [0.717, 1.165) is 11.3 Å². The summed E-state index contributed by atoms with van der Waals surface area (Å²) in [4.78, 5) is 12.2. The largest absolute Gasteiger partial charge is 0.350 e. The number of carbonyl (C=O) groups is 1. The zero-order valence-electron chi connectivity index (χ0n) is 13.7. The molecule has 7 heteroatoms. The Labute approximate surface area is 139 Å². The fourth-order valence-corrected chi connectivity index (χ4v) is 2.66. The maximum absolute atomic E-state index is 13.0. The molecule has 6 nitrogen and oxygen atoms in total. The summed E-state index contributed by atoms with van der Waals surface area (Å²) in [6.45, 7) is 3.44. The number of carbonyl (C=O) groups excluding carboxylic acids is 1. The van der Waals surface area contributed by atoms with Crippen LogP contribution in [0.1, 0.15) is 23.8 Å². The summed E-state index contributed by atoms with van der Waals surface area (Å²) >= 11 is 0. The van der Waals surface area contributed by atoms with E-state index in [1.54, 1.807) is 29.9 Å². The second kappa shape index (κ2) is 6.70. The predicted molar refractivity (Wildman–Crippen MR) is 85.9 cm³/mol. The van der Waals surface area contributed by atoms with Crippen molar-refractivity contribution in [1.82, 2.24) is 15.1 Å². The number of nitrogens with one attached hydrogen (secondary N) is 1. The molecule has 1 aromatic carbocycles. The van der Waals surface area contributed by atoms with Gasteiger partial charge < -0.3 is 14.8 Å². The van der Waals surface area contributed by atoms with Gasteiger partial charge in [0.25, 0.3) is 5.91 Å².